The smallest absolute Gasteiger partial charge is 0.120 e. The average Bonchev–Trinajstić information content (AvgIpc) is 2.65. The summed E-state index contributed by atoms with van der Waals surface area (Å²) >= 11 is 0. The van der Waals surface area contributed by atoms with Gasteiger partial charge in [-0.25, -0.2) is 0 Å². The number of benzene rings is 2. The van der Waals surface area contributed by atoms with Crippen LogP contribution in [0.5, 0.6) is 5.75 Å². The molecule has 0 saturated carbocycles. The maximum absolute atomic E-state index is 6.03. The molecule has 0 atom stereocenters. The van der Waals surface area contributed by atoms with Crippen LogP contribution in [-0.2, 0) is 19.4 Å². The van der Waals surface area contributed by atoms with Crippen molar-refractivity contribution in [2.24, 2.45) is 0 Å². The zero-order valence-corrected chi connectivity index (χ0v) is 17.1. The van der Waals surface area contributed by atoms with Crippen molar-refractivity contribution >= 4 is 0 Å². The van der Waals surface area contributed by atoms with Crippen molar-refractivity contribution in [3.05, 3.63) is 82.0 Å². The summed E-state index contributed by atoms with van der Waals surface area (Å²) in [5.74, 6) is 0.917. The van der Waals surface area contributed by atoms with Gasteiger partial charge in [0.1, 0.15) is 12.4 Å². The van der Waals surface area contributed by atoms with Gasteiger partial charge in [0, 0.05) is 16.8 Å². The Labute approximate surface area is 163 Å². The Bertz CT molecular complexity index is 901. The van der Waals surface area contributed by atoms with Gasteiger partial charge in [-0.2, -0.15) is 0 Å². The summed E-state index contributed by atoms with van der Waals surface area (Å²) in [7, 11) is 0. The third-order valence-corrected chi connectivity index (χ3v) is 5.04. The van der Waals surface area contributed by atoms with E-state index in [2.05, 4.69) is 83.1 Å². The lowest BCUT2D eigenvalue weighted by Gasteiger charge is -2.15. The zero-order valence-electron chi connectivity index (χ0n) is 17.1. The molecule has 0 spiro atoms. The summed E-state index contributed by atoms with van der Waals surface area (Å²) in [5.41, 5.74) is 9.69. The van der Waals surface area contributed by atoms with Crippen LogP contribution in [0.25, 0.3) is 11.3 Å². The van der Waals surface area contributed by atoms with Gasteiger partial charge in [0.25, 0.3) is 0 Å². The van der Waals surface area contributed by atoms with Crippen LogP contribution in [0.3, 0.4) is 0 Å². The Hall–Kier alpha value is -2.61. The molecule has 3 aromatic rings. The monoisotopic (exact) mass is 359 g/mol. The van der Waals surface area contributed by atoms with Crippen LogP contribution in [0.2, 0.25) is 0 Å². The Morgan fingerprint density at radius 2 is 1.41 bits per heavy atom. The SMILES string of the molecule is CCc1cccc(CC)c1-c1ccc(COc2cc(C)cc(C)c2)c(C)n1. The van der Waals surface area contributed by atoms with Gasteiger partial charge < -0.3 is 4.74 Å². The summed E-state index contributed by atoms with van der Waals surface area (Å²) in [6, 6.07) is 17.2. The van der Waals surface area contributed by atoms with Crippen LogP contribution in [0, 0.1) is 20.8 Å². The molecule has 0 fully saturated rings. The van der Waals surface area contributed by atoms with Gasteiger partial charge in [-0.15, -0.1) is 0 Å². The van der Waals surface area contributed by atoms with Crippen molar-refractivity contribution in [3.8, 4) is 17.0 Å². The summed E-state index contributed by atoms with van der Waals surface area (Å²) < 4.78 is 6.03. The second-order valence-corrected chi connectivity index (χ2v) is 7.21. The highest BCUT2D eigenvalue weighted by Gasteiger charge is 2.12. The third-order valence-electron chi connectivity index (χ3n) is 5.04. The molecule has 1 heterocycles. The van der Waals surface area contributed by atoms with Crippen molar-refractivity contribution in [1.29, 1.82) is 0 Å². The molecule has 0 amide bonds. The van der Waals surface area contributed by atoms with Crippen LogP contribution >= 0.6 is 0 Å². The number of aryl methyl sites for hydroxylation is 5. The minimum Gasteiger partial charge on any atom is -0.489 e. The molecule has 0 aliphatic carbocycles. The van der Waals surface area contributed by atoms with Crippen molar-refractivity contribution in [2.45, 2.75) is 54.1 Å². The summed E-state index contributed by atoms with van der Waals surface area (Å²) in [5, 5.41) is 0. The molecule has 140 valence electrons. The van der Waals surface area contributed by atoms with E-state index in [4.69, 9.17) is 9.72 Å². The number of pyridine rings is 1. The lowest BCUT2D eigenvalue weighted by atomic mass is 9.94. The molecule has 0 N–H and O–H groups in total. The standard InChI is InChI=1S/C25H29NO/c1-6-20-9-8-10-21(7-2)25(20)24-12-11-22(19(5)26-24)16-27-23-14-17(3)13-18(4)15-23/h8-15H,6-7,16H2,1-5H3. The Morgan fingerprint density at radius 1 is 0.778 bits per heavy atom. The van der Waals surface area contributed by atoms with E-state index in [1.54, 1.807) is 0 Å². The summed E-state index contributed by atoms with van der Waals surface area (Å²) in [4.78, 5) is 4.93. The van der Waals surface area contributed by atoms with Gasteiger partial charge in [0.2, 0.25) is 0 Å². The first-order valence-corrected chi connectivity index (χ1v) is 9.80. The number of hydrogen-bond acceptors (Lipinski definition) is 2. The fraction of sp³-hybridized carbons (Fsp3) is 0.320. The van der Waals surface area contributed by atoms with Crippen molar-refractivity contribution in [1.82, 2.24) is 4.98 Å². The third kappa shape index (κ3) is 4.39. The first-order valence-electron chi connectivity index (χ1n) is 9.80. The maximum atomic E-state index is 6.03. The highest BCUT2D eigenvalue weighted by molar-refractivity contribution is 5.68. The molecule has 0 aliphatic rings. The fourth-order valence-electron chi connectivity index (χ4n) is 3.63. The van der Waals surface area contributed by atoms with Gasteiger partial charge in [0.15, 0.2) is 0 Å². The predicted molar refractivity (Wildman–Crippen MR) is 113 cm³/mol. The number of ether oxygens (including phenoxy) is 1. The molecule has 2 heteroatoms. The van der Waals surface area contributed by atoms with Crippen molar-refractivity contribution in [2.75, 3.05) is 0 Å². The van der Waals surface area contributed by atoms with E-state index in [0.717, 1.165) is 35.5 Å². The second-order valence-electron chi connectivity index (χ2n) is 7.21. The molecule has 0 saturated heterocycles. The topological polar surface area (TPSA) is 22.1 Å². The van der Waals surface area contributed by atoms with Gasteiger partial charge >= 0.3 is 0 Å². The molecule has 0 unspecified atom stereocenters. The highest BCUT2D eigenvalue weighted by Crippen LogP contribution is 2.28. The van der Waals surface area contributed by atoms with Crippen molar-refractivity contribution < 1.29 is 4.74 Å². The van der Waals surface area contributed by atoms with Gasteiger partial charge in [0.05, 0.1) is 5.69 Å². The maximum Gasteiger partial charge on any atom is 0.120 e. The molecular weight excluding hydrogens is 330 g/mol. The number of hydrogen-bond donors (Lipinski definition) is 0. The normalized spacial score (nSPS) is 10.9. The number of rotatable bonds is 6. The molecule has 0 aliphatic heterocycles. The molecule has 0 radical (unpaired) electrons. The van der Waals surface area contributed by atoms with Crippen LogP contribution in [-0.4, -0.2) is 4.98 Å². The molecule has 2 aromatic carbocycles. The lowest BCUT2D eigenvalue weighted by molar-refractivity contribution is 0.304. The van der Waals surface area contributed by atoms with E-state index >= 15 is 0 Å². The minimum atomic E-state index is 0.540. The molecule has 3 rings (SSSR count). The molecule has 27 heavy (non-hydrogen) atoms. The van der Waals surface area contributed by atoms with Crippen LogP contribution in [0.15, 0.2) is 48.5 Å². The van der Waals surface area contributed by atoms with E-state index in [1.165, 1.54) is 27.8 Å². The van der Waals surface area contributed by atoms with Crippen LogP contribution in [0.1, 0.15) is 47.4 Å². The van der Waals surface area contributed by atoms with E-state index in [0.29, 0.717) is 6.61 Å². The first kappa shape index (κ1) is 19.2. The molecule has 0 bridgehead atoms. The Morgan fingerprint density at radius 3 is 1.96 bits per heavy atom. The van der Waals surface area contributed by atoms with Gasteiger partial charge in [-0.3, -0.25) is 4.98 Å². The number of aromatic nitrogens is 1. The largest absolute Gasteiger partial charge is 0.489 e. The van der Waals surface area contributed by atoms with Crippen molar-refractivity contribution in [3.63, 3.8) is 0 Å². The highest BCUT2D eigenvalue weighted by atomic mass is 16.5. The van der Waals surface area contributed by atoms with E-state index in [1.807, 2.05) is 0 Å². The zero-order chi connectivity index (χ0) is 19.4. The average molecular weight is 360 g/mol. The Balaban J connectivity index is 1.86. The van der Waals surface area contributed by atoms with Gasteiger partial charge in [-0.05, 0) is 74.1 Å². The van der Waals surface area contributed by atoms with E-state index < -0.39 is 0 Å². The van der Waals surface area contributed by atoms with Crippen LogP contribution < -0.4 is 4.74 Å². The second kappa shape index (κ2) is 8.39. The predicted octanol–water partition coefficient (Wildman–Crippen LogP) is 6.38. The fourth-order valence-corrected chi connectivity index (χ4v) is 3.63. The lowest BCUT2D eigenvalue weighted by Crippen LogP contribution is -2.02. The molecule has 2 nitrogen and oxygen atoms in total. The first-order chi connectivity index (χ1) is 13.0. The number of nitrogens with zero attached hydrogens (tertiary/aromatic N) is 1. The quantitative estimate of drug-likeness (QED) is 0.509. The summed E-state index contributed by atoms with van der Waals surface area (Å²) in [6.07, 6.45) is 2.03. The summed E-state index contributed by atoms with van der Waals surface area (Å²) in [6.45, 7) is 11.2. The minimum absolute atomic E-state index is 0.540. The molecular formula is C25H29NO. The van der Waals surface area contributed by atoms with E-state index in [-0.39, 0.29) is 0 Å². The Kier molecular flexibility index (Phi) is 5.95. The van der Waals surface area contributed by atoms with Crippen LogP contribution in [0.4, 0.5) is 0 Å². The molecule has 1 aromatic heterocycles. The van der Waals surface area contributed by atoms with Gasteiger partial charge in [-0.1, -0.05) is 44.2 Å². The van der Waals surface area contributed by atoms with E-state index in [9.17, 15) is 0 Å².